The highest BCUT2D eigenvalue weighted by atomic mass is 32.2. The molecule has 9 nitrogen and oxygen atoms in total. The lowest BCUT2D eigenvalue weighted by atomic mass is 10.1. The number of fused-ring (bicyclic) bond motifs is 1. The normalized spacial score (nSPS) is 30.6. The predicted octanol–water partition coefficient (Wildman–Crippen LogP) is -0.0320. The number of ether oxygens (including phenoxy) is 3. The second kappa shape index (κ2) is 5.88. The molecular formula is C12H14N6O3S. The summed E-state index contributed by atoms with van der Waals surface area (Å²) in [7, 11) is 1.66. The van der Waals surface area contributed by atoms with Crippen LogP contribution in [0.3, 0.4) is 0 Å². The molecule has 0 spiro atoms. The molecule has 0 amide bonds. The Bertz CT molecular complexity index is 641. The van der Waals surface area contributed by atoms with Crippen LogP contribution in [0.15, 0.2) is 28.8 Å². The number of nitrogens with zero attached hydrogens (tertiary/aromatic N) is 6. The number of tetrazole rings is 1. The van der Waals surface area contributed by atoms with Crippen LogP contribution in [0.25, 0.3) is 0 Å². The van der Waals surface area contributed by atoms with Crippen molar-refractivity contribution in [2.45, 2.75) is 34.7 Å². The molecule has 4 atom stereocenters. The zero-order valence-electron chi connectivity index (χ0n) is 11.8. The van der Waals surface area contributed by atoms with Crippen LogP contribution in [-0.4, -0.2) is 68.8 Å². The topological polar surface area (TPSA) is 97.1 Å². The van der Waals surface area contributed by atoms with Crippen molar-refractivity contribution in [2.75, 3.05) is 20.3 Å². The van der Waals surface area contributed by atoms with E-state index in [9.17, 15) is 0 Å². The van der Waals surface area contributed by atoms with Gasteiger partial charge >= 0.3 is 0 Å². The van der Waals surface area contributed by atoms with Gasteiger partial charge in [-0.25, -0.2) is 14.6 Å². The number of hydrogen-bond acceptors (Lipinski definition) is 9. The second-order valence-electron chi connectivity index (χ2n) is 4.98. The Morgan fingerprint density at radius 2 is 2.05 bits per heavy atom. The average Bonchev–Trinajstić information content (AvgIpc) is 3.24. The molecule has 4 heterocycles. The van der Waals surface area contributed by atoms with Gasteiger partial charge in [0.1, 0.15) is 24.4 Å². The predicted molar refractivity (Wildman–Crippen MR) is 73.3 cm³/mol. The third-order valence-corrected chi connectivity index (χ3v) is 4.63. The molecule has 4 rings (SSSR count). The first kappa shape index (κ1) is 14.0. The van der Waals surface area contributed by atoms with Gasteiger partial charge in [-0.15, -0.1) is 5.10 Å². The second-order valence-corrected chi connectivity index (χ2v) is 5.91. The average molecular weight is 322 g/mol. The van der Waals surface area contributed by atoms with Gasteiger partial charge < -0.3 is 14.2 Å². The number of methoxy groups -OCH3 is 1. The van der Waals surface area contributed by atoms with Crippen LogP contribution < -0.4 is 0 Å². The Morgan fingerprint density at radius 1 is 1.23 bits per heavy atom. The molecule has 10 heteroatoms. The van der Waals surface area contributed by atoms with Gasteiger partial charge in [-0.05, 0) is 28.3 Å². The number of aromatic nitrogens is 6. The monoisotopic (exact) mass is 322 g/mol. The lowest BCUT2D eigenvalue weighted by molar-refractivity contribution is -0.00928. The van der Waals surface area contributed by atoms with Crippen molar-refractivity contribution in [3.05, 3.63) is 18.5 Å². The maximum atomic E-state index is 5.82. The highest BCUT2D eigenvalue weighted by Gasteiger charge is 2.49. The van der Waals surface area contributed by atoms with E-state index >= 15 is 0 Å². The minimum atomic E-state index is -0.107. The van der Waals surface area contributed by atoms with Crippen molar-refractivity contribution in [1.82, 2.24) is 30.2 Å². The van der Waals surface area contributed by atoms with Gasteiger partial charge in [-0.1, -0.05) is 0 Å². The fourth-order valence-corrected chi connectivity index (χ4v) is 3.47. The number of hydrogen-bond donors (Lipinski definition) is 0. The van der Waals surface area contributed by atoms with Crippen molar-refractivity contribution in [1.29, 1.82) is 0 Å². The van der Waals surface area contributed by atoms with Gasteiger partial charge in [-0.2, -0.15) is 0 Å². The maximum Gasteiger partial charge on any atom is 0.217 e. The van der Waals surface area contributed by atoms with Gasteiger partial charge in [0.15, 0.2) is 5.16 Å². The maximum absolute atomic E-state index is 5.82. The van der Waals surface area contributed by atoms with Gasteiger partial charge in [0.25, 0.3) is 0 Å². The molecule has 2 aliphatic rings. The summed E-state index contributed by atoms with van der Waals surface area (Å²) < 4.78 is 18.7. The van der Waals surface area contributed by atoms with E-state index in [4.69, 9.17) is 14.2 Å². The molecule has 0 aliphatic carbocycles. The minimum absolute atomic E-state index is 0.0416. The summed E-state index contributed by atoms with van der Waals surface area (Å²) in [6.07, 6.45) is 3.14. The summed E-state index contributed by atoms with van der Waals surface area (Å²) in [5.41, 5.74) is 0. The Labute approximate surface area is 130 Å². The Balaban J connectivity index is 1.56. The van der Waals surface area contributed by atoms with E-state index in [1.807, 2.05) is 0 Å². The van der Waals surface area contributed by atoms with Crippen molar-refractivity contribution in [3.63, 3.8) is 0 Å². The summed E-state index contributed by atoms with van der Waals surface area (Å²) in [6.45, 7) is 1.01. The molecule has 2 aliphatic heterocycles. The molecule has 2 fully saturated rings. The van der Waals surface area contributed by atoms with Crippen molar-refractivity contribution in [2.24, 2.45) is 0 Å². The SMILES string of the molecule is COC1COC2C1OCC2n1nnnc1Sc1ncccn1. The molecule has 4 unspecified atom stereocenters. The minimum Gasteiger partial charge on any atom is -0.376 e. The first-order valence-corrected chi connectivity index (χ1v) is 7.67. The Hall–Kier alpha value is -1.62. The van der Waals surface area contributed by atoms with Crippen molar-refractivity contribution >= 4 is 11.8 Å². The Morgan fingerprint density at radius 3 is 2.86 bits per heavy atom. The van der Waals surface area contributed by atoms with E-state index < -0.39 is 0 Å². The molecule has 0 bridgehead atoms. The van der Waals surface area contributed by atoms with Crippen LogP contribution in [0, 0.1) is 0 Å². The molecule has 116 valence electrons. The third kappa shape index (κ3) is 2.37. The fraction of sp³-hybridized carbons (Fsp3) is 0.583. The van der Waals surface area contributed by atoms with E-state index in [2.05, 4.69) is 25.5 Å². The van der Waals surface area contributed by atoms with Crippen LogP contribution in [0.1, 0.15) is 6.04 Å². The lowest BCUT2D eigenvalue weighted by Gasteiger charge is -2.16. The van der Waals surface area contributed by atoms with Crippen LogP contribution in [0.5, 0.6) is 0 Å². The summed E-state index contributed by atoms with van der Waals surface area (Å²) in [5, 5.41) is 13.1. The van der Waals surface area contributed by atoms with Crippen molar-refractivity contribution in [3.8, 4) is 0 Å². The first-order chi connectivity index (χ1) is 10.9. The van der Waals surface area contributed by atoms with Gasteiger partial charge in [0.05, 0.1) is 13.2 Å². The first-order valence-electron chi connectivity index (χ1n) is 6.85. The highest BCUT2D eigenvalue weighted by Crippen LogP contribution is 2.36. The van der Waals surface area contributed by atoms with Crippen LogP contribution in [0.2, 0.25) is 0 Å². The van der Waals surface area contributed by atoms with E-state index in [0.29, 0.717) is 23.5 Å². The molecule has 22 heavy (non-hydrogen) atoms. The highest BCUT2D eigenvalue weighted by molar-refractivity contribution is 7.99. The molecule has 0 N–H and O–H groups in total. The largest absolute Gasteiger partial charge is 0.376 e. The van der Waals surface area contributed by atoms with E-state index in [1.54, 1.807) is 30.3 Å². The van der Waals surface area contributed by atoms with Crippen molar-refractivity contribution < 1.29 is 14.2 Å². The van der Waals surface area contributed by atoms with E-state index in [-0.39, 0.29) is 24.4 Å². The summed E-state index contributed by atoms with van der Waals surface area (Å²) >= 11 is 1.31. The summed E-state index contributed by atoms with van der Waals surface area (Å²) in [4.78, 5) is 8.35. The molecule has 2 saturated heterocycles. The van der Waals surface area contributed by atoms with Crippen LogP contribution >= 0.6 is 11.8 Å². The van der Waals surface area contributed by atoms with Crippen LogP contribution in [0.4, 0.5) is 0 Å². The van der Waals surface area contributed by atoms with Gasteiger partial charge in [0.2, 0.25) is 5.16 Å². The molecule has 2 aromatic heterocycles. The zero-order chi connectivity index (χ0) is 14.9. The molecular weight excluding hydrogens is 308 g/mol. The fourth-order valence-electron chi connectivity index (χ4n) is 2.74. The third-order valence-electron chi connectivity index (χ3n) is 3.79. The van der Waals surface area contributed by atoms with E-state index in [0.717, 1.165) is 0 Å². The smallest absolute Gasteiger partial charge is 0.217 e. The number of rotatable bonds is 4. The molecule has 0 radical (unpaired) electrons. The summed E-state index contributed by atoms with van der Waals surface area (Å²) in [6, 6.07) is 1.69. The molecule has 0 saturated carbocycles. The zero-order valence-corrected chi connectivity index (χ0v) is 12.6. The summed E-state index contributed by atoms with van der Waals surface area (Å²) in [5.74, 6) is 0. The molecule has 2 aromatic rings. The van der Waals surface area contributed by atoms with Gasteiger partial charge in [-0.3, -0.25) is 0 Å². The standard InChI is InChI=1S/C12H14N6O3S/c1-19-8-6-21-9-7(5-20-10(8)9)18-12(15-16-17-18)22-11-13-3-2-4-14-11/h2-4,7-10H,5-6H2,1H3. The Kier molecular flexibility index (Phi) is 3.74. The van der Waals surface area contributed by atoms with Crippen LogP contribution in [-0.2, 0) is 14.2 Å². The molecule has 0 aromatic carbocycles. The lowest BCUT2D eigenvalue weighted by Crippen LogP contribution is -2.31. The quantitative estimate of drug-likeness (QED) is 0.719. The van der Waals surface area contributed by atoms with E-state index in [1.165, 1.54) is 11.8 Å². The van der Waals surface area contributed by atoms with Gasteiger partial charge in [0, 0.05) is 19.5 Å².